The van der Waals surface area contributed by atoms with Crippen molar-refractivity contribution in [3.8, 4) is 0 Å². The van der Waals surface area contributed by atoms with Crippen molar-refractivity contribution in [2.24, 2.45) is 0 Å². The van der Waals surface area contributed by atoms with Crippen molar-refractivity contribution in [3.05, 3.63) is 66.2 Å². The maximum atomic E-state index is 12.3. The zero-order chi connectivity index (χ0) is 16.7. The van der Waals surface area contributed by atoms with E-state index < -0.39 is 11.6 Å². The van der Waals surface area contributed by atoms with Crippen LogP contribution in [-0.2, 0) is 16.1 Å². The van der Waals surface area contributed by atoms with Crippen LogP contribution >= 0.6 is 0 Å². The highest BCUT2D eigenvalue weighted by Crippen LogP contribution is 2.11. The van der Waals surface area contributed by atoms with Gasteiger partial charge in [-0.15, -0.1) is 0 Å². The molecule has 2 aromatic rings. The van der Waals surface area contributed by atoms with Crippen LogP contribution in [0.1, 0.15) is 19.4 Å². The molecule has 0 saturated heterocycles. The summed E-state index contributed by atoms with van der Waals surface area (Å²) in [6.07, 6.45) is -0.637. The highest BCUT2D eigenvalue weighted by atomic mass is 16.5. The summed E-state index contributed by atoms with van der Waals surface area (Å²) in [5, 5.41) is 5.33. The van der Waals surface area contributed by atoms with Gasteiger partial charge in [0.25, 0.3) is 0 Å². The standard InChI is InChI=1S/C18H20N2O3/c1-18(2,16(21)19-15-11-7-4-8-12-15)20-17(22)23-13-14-9-5-3-6-10-14/h3-12H,13H2,1-2H3,(H,19,21)(H,20,22). The molecule has 5 heteroatoms. The molecule has 0 aromatic heterocycles. The summed E-state index contributed by atoms with van der Waals surface area (Å²) in [6, 6.07) is 18.4. The Balaban J connectivity index is 1.86. The van der Waals surface area contributed by atoms with E-state index in [9.17, 15) is 9.59 Å². The lowest BCUT2D eigenvalue weighted by atomic mass is 10.0. The van der Waals surface area contributed by atoms with E-state index in [0.29, 0.717) is 5.69 Å². The second-order valence-corrected chi connectivity index (χ2v) is 5.63. The molecule has 120 valence electrons. The molecule has 2 amide bonds. The molecule has 0 spiro atoms. The second kappa shape index (κ2) is 7.45. The SMILES string of the molecule is CC(C)(NC(=O)OCc1ccccc1)C(=O)Nc1ccccc1. The number of carbonyl (C=O) groups is 2. The van der Waals surface area contributed by atoms with E-state index in [0.717, 1.165) is 5.56 Å². The summed E-state index contributed by atoms with van der Waals surface area (Å²) in [6.45, 7) is 3.40. The topological polar surface area (TPSA) is 67.4 Å². The number of carbonyl (C=O) groups excluding carboxylic acids is 2. The van der Waals surface area contributed by atoms with Crippen LogP contribution in [0.3, 0.4) is 0 Å². The molecule has 0 atom stereocenters. The number of rotatable bonds is 5. The summed E-state index contributed by atoms with van der Waals surface area (Å²) in [4.78, 5) is 24.1. The van der Waals surface area contributed by atoms with Gasteiger partial charge >= 0.3 is 6.09 Å². The maximum absolute atomic E-state index is 12.3. The number of amides is 2. The number of ether oxygens (including phenoxy) is 1. The summed E-state index contributed by atoms with van der Waals surface area (Å²) in [5.41, 5.74) is 0.461. The third-order valence-corrected chi connectivity index (χ3v) is 3.23. The molecule has 0 bridgehead atoms. The molecule has 0 saturated carbocycles. The zero-order valence-electron chi connectivity index (χ0n) is 13.2. The molecule has 0 radical (unpaired) electrons. The Kier molecular flexibility index (Phi) is 5.36. The quantitative estimate of drug-likeness (QED) is 0.890. The fourth-order valence-corrected chi connectivity index (χ4v) is 1.88. The second-order valence-electron chi connectivity index (χ2n) is 5.63. The molecule has 5 nitrogen and oxygen atoms in total. The molecule has 2 N–H and O–H groups in total. The van der Waals surface area contributed by atoms with Gasteiger partial charge < -0.3 is 15.4 Å². The van der Waals surface area contributed by atoms with Crippen molar-refractivity contribution in [1.82, 2.24) is 5.32 Å². The van der Waals surface area contributed by atoms with E-state index >= 15 is 0 Å². The molecule has 0 aliphatic carbocycles. The van der Waals surface area contributed by atoms with Gasteiger partial charge in [-0.2, -0.15) is 0 Å². The van der Waals surface area contributed by atoms with Gasteiger partial charge in [-0.3, -0.25) is 4.79 Å². The Morgan fingerprint density at radius 1 is 0.957 bits per heavy atom. The van der Waals surface area contributed by atoms with Crippen LogP contribution in [0.25, 0.3) is 0 Å². The first-order chi connectivity index (χ1) is 11.0. The molecule has 0 aliphatic rings. The minimum Gasteiger partial charge on any atom is -0.445 e. The highest BCUT2D eigenvalue weighted by Gasteiger charge is 2.30. The summed E-state index contributed by atoms with van der Waals surface area (Å²) >= 11 is 0. The molecule has 2 aromatic carbocycles. The lowest BCUT2D eigenvalue weighted by molar-refractivity contribution is -0.121. The smallest absolute Gasteiger partial charge is 0.408 e. The normalized spacial score (nSPS) is 10.7. The van der Waals surface area contributed by atoms with Crippen molar-refractivity contribution in [1.29, 1.82) is 0 Å². The van der Waals surface area contributed by atoms with Gasteiger partial charge in [0.15, 0.2) is 0 Å². The molecular weight excluding hydrogens is 292 g/mol. The number of hydrogen-bond donors (Lipinski definition) is 2. The van der Waals surface area contributed by atoms with Crippen LogP contribution < -0.4 is 10.6 Å². The fourth-order valence-electron chi connectivity index (χ4n) is 1.88. The molecule has 23 heavy (non-hydrogen) atoms. The molecule has 2 rings (SSSR count). The van der Waals surface area contributed by atoms with Crippen LogP contribution in [0, 0.1) is 0 Å². The van der Waals surface area contributed by atoms with Crippen LogP contribution in [0.2, 0.25) is 0 Å². The first-order valence-corrected chi connectivity index (χ1v) is 7.33. The van der Waals surface area contributed by atoms with E-state index in [1.54, 1.807) is 26.0 Å². The Hall–Kier alpha value is -2.82. The van der Waals surface area contributed by atoms with Gasteiger partial charge in [-0.1, -0.05) is 48.5 Å². The number of nitrogens with one attached hydrogen (secondary N) is 2. The van der Waals surface area contributed by atoms with Crippen molar-refractivity contribution in [2.45, 2.75) is 26.0 Å². The van der Waals surface area contributed by atoms with Crippen LogP contribution in [-0.4, -0.2) is 17.5 Å². The van der Waals surface area contributed by atoms with E-state index in [1.807, 2.05) is 48.5 Å². The average Bonchev–Trinajstić information content (AvgIpc) is 2.54. The van der Waals surface area contributed by atoms with Gasteiger partial charge in [-0.25, -0.2) is 4.79 Å². The highest BCUT2D eigenvalue weighted by molar-refractivity contribution is 5.99. The van der Waals surface area contributed by atoms with Gasteiger partial charge in [0.05, 0.1) is 0 Å². The predicted molar refractivity (Wildman–Crippen MR) is 88.9 cm³/mol. The van der Waals surface area contributed by atoms with Gasteiger partial charge in [0.1, 0.15) is 12.1 Å². The van der Waals surface area contributed by atoms with Crippen LogP contribution in [0.4, 0.5) is 10.5 Å². The van der Waals surface area contributed by atoms with Crippen molar-refractivity contribution in [2.75, 3.05) is 5.32 Å². The first-order valence-electron chi connectivity index (χ1n) is 7.33. The fraction of sp³-hybridized carbons (Fsp3) is 0.222. The van der Waals surface area contributed by atoms with Gasteiger partial charge in [0, 0.05) is 5.69 Å². The molecule has 0 heterocycles. The Morgan fingerprint density at radius 3 is 2.13 bits per heavy atom. The number of benzene rings is 2. The largest absolute Gasteiger partial charge is 0.445 e. The molecule has 0 aliphatic heterocycles. The number of hydrogen-bond acceptors (Lipinski definition) is 3. The minimum absolute atomic E-state index is 0.156. The Morgan fingerprint density at radius 2 is 1.52 bits per heavy atom. The number of alkyl carbamates (subject to hydrolysis) is 1. The number of anilines is 1. The third-order valence-electron chi connectivity index (χ3n) is 3.23. The van der Waals surface area contributed by atoms with Crippen LogP contribution in [0.5, 0.6) is 0 Å². The van der Waals surface area contributed by atoms with E-state index in [4.69, 9.17) is 4.74 Å². The Labute approximate surface area is 135 Å². The number of para-hydroxylation sites is 1. The monoisotopic (exact) mass is 312 g/mol. The molecule has 0 fully saturated rings. The lowest BCUT2D eigenvalue weighted by Crippen LogP contribution is -2.52. The van der Waals surface area contributed by atoms with Gasteiger partial charge in [-0.05, 0) is 31.5 Å². The first kappa shape index (κ1) is 16.5. The minimum atomic E-state index is -1.09. The summed E-state index contributed by atoms with van der Waals surface area (Å²) in [7, 11) is 0. The van der Waals surface area contributed by atoms with Crippen molar-refractivity contribution < 1.29 is 14.3 Å². The van der Waals surface area contributed by atoms with E-state index in [1.165, 1.54) is 0 Å². The van der Waals surface area contributed by atoms with E-state index in [2.05, 4.69) is 10.6 Å². The lowest BCUT2D eigenvalue weighted by Gasteiger charge is -2.24. The zero-order valence-corrected chi connectivity index (χ0v) is 13.2. The Bertz CT molecular complexity index is 654. The average molecular weight is 312 g/mol. The summed E-state index contributed by atoms with van der Waals surface area (Å²) < 4.78 is 5.13. The maximum Gasteiger partial charge on any atom is 0.408 e. The van der Waals surface area contributed by atoms with Crippen LogP contribution in [0.15, 0.2) is 60.7 Å². The molecular formula is C18H20N2O3. The van der Waals surface area contributed by atoms with Gasteiger partial charge in [0.2, 0.25) is 5.91 Å². The molecule has 0 unspecified atom stereocenters. The summed E-state index contributed by atoms with van der Waals surface area (Å²) in [5.74, 6) is -0.319. The van der Waals surface area contributed by atoms with E-state index in [-0.39, 0.29) is 12.5 Å². The van der Waals surface area contributed by atoms with Crippen molar-refractivity contribution in [3.63, 3.8) is 0 Å². The van der Waals surface area contributed by atoms with Crippen molar-refractivity contribution >= 4 is 17.7 Å². The predicted octanol–water partition coefficient (Wildman–Crippen LogP) is 3.33. The third kappa shape index (κ3) is 5.14.